The van der Waals surface area contributed by atoms with Crippen LogP contribution in [-0.2, 0) is 18.6 Å². The molecule has 0 aromatic carbocycles. The summed E-state index contributed by atoms with van der Waals surface area (Å²) in [5.74, 6) is -2.20. The highest BCUT2D eigenvalue weighted by molar-refractivity contribution is 7.44. The van der Waals surface area contributed by atoms with Crippen molar-refractivity contribution in [1.29, 1.82) is 5.26 Å². The van der Waals surface area contributed by atoms with E-state index >= 15 is 0 Å². The molecule has 0 aliphatic heterocycles. The molecule has 0 aliphatic rings. The number of rotatable bonds is 16. The van der Waals surface area contributed by atoms with Crippen molar-refractivity contribution in [1.82, 2.24) is 19.5 Å². The van der Waals surface area contributed by atoms with Gasteiger partial charge in [-0.25, -0.2) is 9.46 Å². The molecule has 0 aliphatic carbocycles. The molecule has 1 amide bonds. The summed E-state index contributed by atoms with van der Waals surface area (Å²) in [6, 6.07) is 3.10. The molecular formula is C23H37F3N5O6P. The maximum atomic E-state index is 12.8. The van der Waals surface area contributed by atoms with Gasteiger partial charge in [0.1, 0.15) is 0 Å². The Morgan fingerprint density at radius 2 is 1.79 bits per heavy atom. The number of halogens is 3. The Morgan fingerprint density at radius 1 is 1.18 bits per heavy atom. The molecule has 216 valence electrons. The summed E-state index contributed by atoms with van der Waals surface area (Å²) in [5, 5.41) is 10.7. The molecule has 38 heavy (non-hydrogen) atoms. The van der Waals surface area contributed by atoms with Gasteiger partial charge >= 0.3 is 17.8 Å². The van der Waals surface area contributed by atoms with E-state index in [4.69, 9.17) is 19.0 Å². The first-order valence-corrected chi connectivity index (χ1v) is 13.4. The number of aromatic amines is 1. The summed E-state index contributed by atoms with van der Waals surface area (Å²) in [6.45, 7) is 10.8. The molecular weight excluding hydrogens is 530 g/mol. The number of carbonyl (C=O) groups excluding carboxylic acids is 1. The third-order valence-corrected chi connectivity index (χ3v) is 7.69. The molecule has 0 saturated heterocycles. The normalized spacial score (nSPS) is 14.1. The Hall–Kier alpha value is -2.30. The van der Waals surface area contributed by atoms with Crippen molar-refractivity contribution in [3.05, 3.63) is 33.1 Å². The number of ether oxygens (including phenoxy) is 1. The molecule has 15 heteroatoms. The minimum Gasteiger partial charge on any atom is -0.347 e. The van der Waals surface area contributed by atoms with Crippen molar-refractivity contribution in [2.75, 3.05) is 19.8 Å². The summed E-state index contributed by atoms with van der Waals surface area (Å²) in [6.07, 6.45) is -4.63. The number of carbonyl (C=O) groups is 1. The number of nitrogens with zero attached hydrogens (tertiary/aromatic N) is 3. The predicted octanol–water partition coefficient (Wildman–Crippen LogP) is 3.58. The van der Waals surface area contributed by atoms with E-state index in [9.17, 15) is 27.6 Å². The topological polar surface area (TPSA) is 139 Å². The van der Waals surface area contributed by atoms with E-state index < -0.39 is 50.2 Å². The van der Waals surface area contributed by atoms with Crippen LogP contribution in [0.3, 0.4) is 0 Å². The molecule has 0 radical (unpaired) electrons. The zero-order chi connectivity index (χ0) is 29.1. The Morgan fingerprint density at radius 3 is 2.26 bits per heavy atom. The van der Waals surface area contributed by atoms with E-state index in [-0.39, 0.29) is 31.7 Å². The average Bonchev–Trinajstić information content (AvgIpc) is 2.82. The SMILES string of the molecule is CCC(CC)(COP(OCCC#N)N(C(C)C)C(C)C)O[C@H](CNC(=O)C(F)(F)F)n1ccc(=O)[nH]c1=O. The van der Waals surface area contributed by atoms with Crippen LogP contribution in [0.2, 0.25) is 0 Å². The van der Waals surface area contributed by atoms with Gasteiger partial charge in [-0.15, -0.1) is 0 Å². The van der Waals surface area contributed by atoms with E-state index in [1.165, 1.54) is 0 Å². The lowest BCUT2D eigenvalue weighted by molar-refractivity contribution is -0.177. The molecule has 1 aromatic heterocycles. The van der Waals surface area contributed by atoms with Crippen molar-refractivity contribution in [2.24, 2.45) is 0 Å². The molecule has 1 aromatic rings. The van der Waals surface area contributed by atoms with Crippen molar-refractivity contribution >= 4 is 14.4 Å². The van der Waals surface area contributed by atoms with Crippen molar-refractivity contribution in [3.8, 4) is 6.07 Å². The number of amides is 1. The number of aromatic nitrogens is 2. The van der Waals surface area contributed by atoms with Crippen LogP contribution in [0.25, 0.3) is 0 Å². The highest BCUT2D eigenvalue weighted by Gasteiger charge is 2.40. The second-order valence-corrected chi connectivity index (χ2v) is 10.5. The van der Waals surface area contributed by atoms with Gasteiger partial charge in [0.15, 0.2) is 6.23 Å². The number of nitriles is 1. The smallest absolute Gasteiger partial charge is 0.347 e. The number of nitrogens with one attached hydrogen (secondary N) is 2. The fraction of sp³-hybridized carbons (Fsp3) is 0.739. The Labute approximate surface area is 221 Å². The van der Waals surface area contributed by atoms with Crippen LogP contribution in [-0.4, -0.2) is 63.7 Å². The van der Waals surface area contributed by atoms with Crippen molar-refractivity contribution < 1.29 is 31.8 Å². The summed E-state index contributed by atoms with van der Waals surface area (Å²) in [5.41, 5.74) is -2.73. The average molecular weight is 568 g/mol. The summed E-state index contributed by atoms with van der Waals surface area (Å²) < 4.78 is 59.7. The second kappa shape index (κ2) is 15.3. The molecule has 1 heterocycles. The van der Waals surface area contributed by atoms with Gasteiger partial charge in [0.2, 0.25) is 0 Å². The van der Waals surface area contributed by atoms with E-state index in [1.54, 1.807) is 19.2 Å². The second-order valence-electron chi connectivity index (χ2n) is 9.01. The standard InChI is InChI=1S/C23H37F3N5O6P/c1-7-22(8-2,15-36-38(35-13-9-11-27)31(16(3)4)17(5)6)37-19(14-28-20(33)23(24,25)26)30-12-10-18(32)29-21(30)34/h10,12,16-17,19H,7-9,13-15H2,1-6H3,(H,28,33)(H,29,32,34)/t19-,38?/m1/s1. The monoisotopic (exact) mass is 567 g/mol. The van der Waals surface area contributed by atoms with Gasteiger partial charge in [-0.1, -0.05) is 13.8 Å². The highest BCUT2D eigenvalue weighted by Crippen LogP contribution is 2.47. The molecule has 2 atom stereocenters. The minimum atomic E-state index is -5.13. The van der Waals surface area contributed by atoms with E-state index in [2.05, 4.69) is 0 Å². The van der Waals surface area contributed by atoms with Gasteiger partial charge < -0.3 is 19.1 Å². The maximum Gasteiger partial charge on any atom is 0.471 e. The lowest BCUT2D eigenvalue weighted by atomic mass is 9.98. The molecule has 0 bridgehead atoms. The first kappa shape index (κ1) is 33.7. The van der Waals surface area contributed by atoms with Gasteiger partial charge in [0, 0.05) is 24.3 Å². The zero-order valence-electron chi connectivity index (χ0n) is 22.5. The van der Waals surface area contributed by atoms with Crippen molar-refractivity contribution in [2.45, 2.75) is 90.9 Å². The number of alkyl halides is 3. The van der Waals surface area contributed by atoms with E-state index in [0.29, 0.717) is 12.8 Å². The van der Waals surface area contributed by atoms with Crippen LogP contribution in [0.1, 0.15) is 67.0 Å². The molecule has 11 nitrogen and oxygen atoms in total. The summed E-state index contributed by atoms with van der Waals surface area (Å²) in [7, 11) is -1.65. The molecule has 0 spiro atoms. The van der Waals surface area contributed by atoms with E-state index in [1.807, 2.05) is 43.4 Å². The molecule has 0 saturated carbocycles. The fourth-order valence-corrected chi connectivity index (χ4v) is 5.25. The third kappa shape index (κ3) is 10.1. The summed E-state index contributed by atoms with van der Waals surface area (Å²) >= 11 is 0. The van der Waals surface area contributed by atoms with E-state index in [0.717, 1.165) is 16.8 Å². The number of H-pyrrole nitrogens is 1. The third-order valence-electron chi connectivity index (χ3n) is 5.63. The van der Waals surface area contributed by atoms with Gasteiger partial charge in [0.25, 0.3) is 14.1 Å². The lowest BCUT2D eigenvalue weighted by Crippen LogP contribution is -2.47. The van der Waals surface area contributed by atoms with Crippen LogP contribution in [0.4, 0.5) is 13.2 Å². The highest BCUT2D eigenvalue weighted by atomic mass is 31.2. The minimum absolute atomic E-state index is 0.0341. The number of hydrogen-bond donors (Lipinski definition) is 2. The Bertz CT molecular complexity index is 1030. The largest absolute Gasteiger partial charge is 0.471 e. The van der Waals surface area contributed by atoms with Gasteiger partial charge in [-0.3, -0.25) is 19.1 Å². The van der Waals surface area contributed by atoms with Crippen LogP contribution in [0, 0.1) is 11.3 Å². The molecule has 1 rings (SSSR count). The van der Waals surface area contributed by atoms with Crippen LogP contribution < -0.4 is 16.6 Å². The van der Waals surface area contributed by atoms with Gasteiger partial charge in [-0.05, 0) is 40.5 Å². The van der Waals surface area contributed by atoms with Crippen molar-refractivity contribution in [3.63, 3.8) is 0 Å². The lowest BCUT2D eigenvalue weighted by Gasteiger charge is -2.40. The molecule has 2 N–H and O–H groups in total. The zero-order valence-corrected chi connectivity index (χ0v) is 23.4. The van der Waals surface area contributed by atoms with Gasteiger partial charge in [0.05, 0.1) is 37.8 Å². The first-order chi connectivity index (χ1) is 17.7. The molecule has 1 unspecified atom stereocenters. The van der Waals surface area contributed by atoms with Crippen LogP contribution in [0.15, 0.2) is 21.9 Å². The molecule has 0 fully saturated rings. The Balaban J connectivity index is 3.31. The fourth-order valence-electron chi connectivity index (χ4n) is 3.56. The Kier molecular flexibility index (Phi) is 13.6. The summed E-state index contributed by atoms with van der Waals surface area (Å²) in [4.78, 5) is 37.5. The predicted molar refractivity (Wildman–Crippen MR) is 135 cm³/mol. The number of hydrogen-bond acceptors (Lipinski definition) is 8. The van der Waals surface area contributed by atoms with Gasteiger partial charge in [-0.2, -0.15) is 18.4 Å². The maximum absolute atomic E-state index is 12.8. The van der Waals surface area contributed by atoms with Crippen LogP contribution >= 0.6 is 8.53 Å². The quantitative estimate of drug-likeness (QED) is 0.228. The first-order valence-electron chi connectivity index (χ1n) is 12.3. The van der Waals surface area contributed by atoms with Crippen LogP contribution in [0.5, 0.6) is 0 Å².